The number of aromatic nitrogens is 4. The van der Waals surface area contributed by atoms with Gasteiger partial charge in [-0.15, -0.1) is 10.2 Å². The third-order valence-corrected chi connectivity index (χ3v) is 6.26. The van der Waals surface area contributed by atoms with E-state index in [9.17, 15) is 9.90 Å². The zero-order chi connectivity index (χ0) is 22.8. The molecule has 0 aliphatic rings. The maximum atomic E-state index is 11.8. The summed E-state index contributed by atoms with van der Waals surface area (Å²) in [6, 6.07) is 18.0. The van der Waals surface area contributed by atoms with Gasteiger partial charge in [0.1, 0.15) is 10.7 Å². The summed E-state index contributed by atoms with van der Waals surface area (Å²) in [6.45, 7) is 0. The first-order valence-corrected chi connectivity index (χ1v) is 11.5. The van der Waals surface area contributed by atoms with Gasteiger partial charge in [0.15, 0.2) is 10.2 Å². The van der Waals surface area contributed by atoms with E-state index in [0.29, 0.717) is 26.6 Å². The Morgan fingerprint density at radius 3 is 2.64 bits per heavy atom. The Morgan fingerprint density at radius 2 is 1.85 bits per heavy atom. The molecule has 5 rings (SSSR count). The van der Waals surface area contributed by atoms with Gasteiger partial charge in [0.05, 0.1) is 11.0 Å². The number of para-hydroxylation sites is 2. The lowest BCUT2D eigenvalue weighted by Crippen LogP contribution is -1.96. The molecule has 0 amide bonds. The van der Waals surface area contributed by atoms with Gasteiger partial charge in [-0.3, -0.25) is 0 Å². The maximum absolute atomic E-state index is 11.8. The number of furan rings is 1. The van der Waals surface area contributed by atoms with Gasteiger partial charge < -0.3 is 18.9 Å². The topological polar surface area (TPSA) is 118 Å². The number of aromatic amines is 1. The summed E-state index contributed by atoms with van der Waals surface area (Å²) in [6.07, 6.45) is 1.40. The summed E-state index contributed by atoms with van der Waals surface area (Å²) in [7, 11) is 0. The molecule has 0 saturated carbocycles. The fourth-order valence-corrected chi connectivity index (χ4v) is 4.41. The number of rotatable bonds is 7. The summed E-state index contributed by atoms with van der Waals surface area (Å²) >= 11 is 8.04. The number of carboxylic acid groups (broad SMARTS) is 1. The van der Waals surface area contributed by atoms with E-state index in [4.69, 9.17) is 20.4 Å². The molecule has 3 aromatic heterocycles. The zero-order valence-corrected chi connectivity index (χ0v) is 18.9. The van der Waals surface area contributed by atoms with Crippen molar-refractivity contribution in [2.24, 2.45) is 0 Å². The van der Waals surface area contributed by atoms with Crippen LogP contribution in [-0.2, 0) is 4.79 Å². The number of nitrogens with zero attached hydrogens (tertiary/aromatic N) is 3. The van der Waals surface area contributed by atoms with Crippen molar-refractivity contribution in [3.05, 3.63) is 76.4 Å². The fourth-order valence-electron chi connectivity index (χ4n) is 2.86. The number of nitrogens with one attached hydrogen (secondary N) is 1. The van der Waals surface area contributed by atoms with Gasteiger partial charge in [-0.25, -0.2) is 9.78 Å². The van der Waals surface area contributed by atoms with Crippen molar-refractivity contribution in [2.45, 2.75) is 15.5 Å². The van der Waals surface area contributed by atoms with Crippen molar-refractivity contribution in [1.29, 1.82) is 0 Å². The van der Waals surface area contributed by atoms with Crippen molar-refractivity contribution in [2.75, 3.05) is 0 Å². The largest absolute Gasteiger partial charge is 0.477 e. The normalized spacial score (nSPS) is 11.8. The molecule has 0 saturated heterocycles. The molecule has 5 aromatic rings. The molecule has 0 radical (unpaired) electrons. The molecule has 0 aliphatic carbocycles. The number of thioether (sulfide) groups is 1. The Labute approximate surface area is 200 Å². The van der Waals surface area contributed by atoms with Gasteiger partial charge >= 0.3 is 5.97 Å². The van der Waals surface area contributed by atoms with E-state index in [1.807, 2.05) is 24.3 Å². The first-order valence-electron chi connectivity index (χ1n) is 9.48. The number of hydrogen-bond donors (Lipinski definition) is 2. The number of benzene rings is 2. The minimum atomic E-state index is -1.14. The molecule has 0 bridgehead atoms. The molecule has 0 spiro atoms. The highest BCUT2D eigenvalue weighted by atomic mass is 35.5. The highest BCUT2D eigenvalue weighted by Gasteiger charge is 2.17. The molecule has 2 aromatic carbocycles. The lowest BCUT2D eigenvalue weighted by atomic mass is 10.2. The number of fused-ring (bicyclic) bond motifs is 1. The third kappa shape index (κ3) is 4.98. The standard InChI is InChI=1S/C22H13ClN4O4S2/c23-13-7-5-12(6-8-13)19-26-27-22(31-19)32-17(20(28)29)11-14-9-10-18(30-14)33-21-24-15-3-1-2-4-16(15)25-21/h1-11H,(H,24,25)(H,28,29)/b17-11-. The Morgan fingerprint density at radius 1 is 1.03 bits per heavy atom. The monoisotopic (exact) mass is 496 g/mol. The first-order chi connectivity index (χ1) is 16.0. The highest BCUT2D eigenvalue weighted by Crippen LogP contribution is 2.33. The fraction of sp³-hybridized carbons (Fsp3) is 0. The molecule has 0 fully saturated rings. The summed E-state index contributed by atoms with van der Waals surface area (Å²) in [5, 5.41) is 19.4. The van der Waals surface area contributed by atoms with Crippen molar-refractivity contribution < 1.29 is 18.7 Å². The van der Waals surface area contributed by atoms with Gasteiger partial charge in [-0.05, 0) is 72.1 Å². The highest BCUT2D eigenvalue weighted by molar-refractivity contribution is 8.03. The summed E-state index contributed by atoms with van der Waals surface area (Å²) in [4.78, 5) is 19.4. The predicted octanol–water partition coefficient (Wildman–Crippen LogP) is 6.23. The van der Waals surface area contributed by atoms with E-state index < -0.39 is 5.97 Å². The van der Waals surface area contributed by atoms with Crippen molar-refractivity contribution >= 4 is 58.2 Å². The van der Waals surface area contributed by atoms with E-state index in [2.05, 4.69) is 20.2 Å². The number of hydrogen-bond acceptors (Lipinski definition) is 8. The summed E-state index contributed by atoms with van der Waals surface area (Å²) in [5.74, 6) is -0.508. The van der Waals surface area contributed by atoms with E-state index in [1.165, 1.54) is 17.8 Å². The SMILES string of the molecule is O=C(O)/C(=C/c1ccc(Sc2nc3ccccc3[nH]2)o1)Sc1nnc(-c2ccc(Cl)cc2)o1. The molecule has 0 unspecified atom stereocenters. The number of carbonyl (C=O) groups is 1. The van der Waals surface area contributed by atoms with Crippen LogP contribution < -0.4 is 0 Å². The van der Waals surface area contributed by atoms with Crippen LogP contribution in [0.1, 0.15) is 5.76 Å². The average Bonchev–Trinajstić information content (AvgIpc) is 3.54. The molecule has 164 valence electrons. The van der Waals surface area contributed by atoms with E-state index >= 15 is 0 Å². The van der Waals surface area contributed by atoms with Crippen LogP contribution in [0.25, 0.3) is 28.6 Å². The van der Waals surface area contributed by atoms with Crippen molar-refractivity contribution in [1.82, 2.24) is 20.2 Å². The summed E-state index contributed by atoms with van der Waals surface area (Å²) < 4.78 is 11.3. The molecule has 2 N–H and O–H groups in total. The molecule has 33 heavy (non-hydrogen) atoms. The Hall–Kier alpha value is -3.47. The number of carboxylic acids is 1. The second-order valence-electron chi connectivity index (χ2n) is 6.61. The molecule has 11 heteroatoms. The van der Waals surface area contributed by atoms with Gasteiger partial charge in [0, 0.05) is 16.7 Å². The lowest BCUT2D eigenvalue weighted by Gasteiger charge is -1.97. The number of halogens is 1. The third-order valence-electron chi connectivity index (χ3n) is 4.35. The molecular weight excluding hydrogens is 484 g/mol. The minimum Gasteiger partial charge on any atom is -0.477 e. The number of aliphatic carboxylic acids is 1. The number of imidazole rings is 1. The smallest absolute Gasteiger partial charge is 0.342 e. The van der Waals surface area contributed by atoms with Crippen molar-refractivity contribution in [3.63, 3.8) is 0 Å². The average molecular weight is 497 g/mol. The van der Waals surface area contributed by atoms with Crippen LogP contribution in [0.2, 0.25) is 5.02 Å². The Kier molecular flexibility index (Phi) is 5.95. The molecular formula is C22H13ClN4O4S2. The van der Waals surface area contributed by atoms with E-state index in [1.54, 1.807) is 36.4 Å². The van der Waals surface area contributed by atoms with Gasteiger partial charge in [0.25, 0.3) is 5.22 Å². The number of H-pyrrole nitrogens is 1. The van der Waals surface area contributed by atoms with E-state index in [0.717, 1.165) is 22.8 Å². The second kappa shape index (κ2) is 9.18. The summed E-state index contributed by atoms with van der Waals surface area (Å²) in [5.41, 5.74) is 2.46. The molecule has 3 heterocycles. The van der Waals surface area contributed by atoms with Crippen LogP contribution in [0, 0.1) is 0 Å². The quantitative estimate of drug-likeness (QED) is 0.199. The Bertz CT molecular complexity index is 1440. The van der Waals surface area contributed by atoms with E-state index in [-0.39, 0.29) is 16.0 Å². The van der Waals surface area contributed by atoms with Gasteiger partial charge in [-0.2, -0.15) is 0 Å². The van der Waals surface area contributed by atoms with Crippen LogP contribution in [0.15, 0.2) is 89.9 Å². The lowest BCUT2D eigenvalue weighted by molar-refractivity contribution is -0.131. The van der Waals surface area contributed by atoms with Crippen LogP contribution in [-0.4, -0.2) is 31.2 Å². The van der Waals surface area contributed by atoms with Gasteiger partial charge in [-0.1, -0.05) is 23.7 Å². The first kappa shape index (κ1) is 21.4. The van der Waals surface area contributed by atoms with Crippen LogP contribution >= 0.6 is 35.1 Å². The predicted molar refractivity (Wildman–Crippen MR) is 125 cm³/mol. The van der Waals surface area contributed by atoms with Crippen molar-refractivity contribution in [3.8, 4) is 11.5 Å². The van der Waals surface area contributed by atoms with Gasteiger partial charge in [0.2, 0.25) is 5.89 Å². The van der Waals surface area contributed by atoms with Crippen LogP contribution in [0.4, 0.5) is 0 Å². The van der Waals surface area contributed by atoms with Crippen LogP contribution in [0.5, 0.6) is 0 Å². The second-order valence-corrected chi connectivity index (χ2v) is 9.04. The Balaban J connectivity index is 1.32. The molecule has 8 nitrogen and oxygen atoms in total. The zero-order valence-electron chi connectivity index (χ0n) is 16.6. The molecule has 0 atom stereocenters. The molecule has 0 aliphatic heterocycles. The maximum Gasteiger partial charge on any atom is 0.342 e. The van der Waals surface area contributed by atoms with Crippen LogP contribution in [0.3, 0.4) is 0 Å². The minimum absolute atomic E-state index is 0.0315.